The summed E-state index contributed by atoms with van der Waals surface area (Å²) in [6.07, 6.45) is 1.05. The lowest BCUT2D eigenvalue weighted by molar-refractivity contribution is 0.951. The summed E-state index contributed by atoms with van der Waals surface area (Å²) >= 11 is 5.51. The third kappa shape index (κ3) is 2.74. The molecule has 1 aromatic carbocycles. The molecule has 0 nitrogen and oxygen atoms in total. The molecule has 1 atom stereocenters. The van der Waals surface area contributed by atoms with Crippen molar-refractivity contribution in [3.8, 4) is 0 Å². The molecule has 0 saturated heterocycles. The molecule has 0 aliphatic carbocycles. The molecule has 0 spiro atoms. The van der Waals surface area contributed by atoms with Crippen molar-refractivity contribution in [1.29, 1.82) is 0 Å². The lowest BCUT2D eigenvalue weighted by Gasteiger charge is -2.09. The second-order valence-corrected chi connectivity index (χ2v) is 6.03. The van der Waals surface area contributed by atoms with E-state index in [0.717, 1.165) is 6.42 Å². The van der Waals surface area contributed by atoms with Crippen LogP contribution in [0.1, 0.15) is 27.1 Å². The Labute approximate surface area is 109 Å². The summed E-state index contributed by atoms with van der Waals surface area (Å²) in [7, 11) is 0. The summed E-state index contributed by atoms with van der Waals surface area (Å²) in [5, 5.41) is 4.34. The Balaban J connectivity index is 2.12. The standard InChI is InChI=1S/C14H15BrS/c1-10-3-4-12(7-11(10)2)8-14(15)13-5-6-16-9-13/h3-7,9,14H,8H2,1-2H3. The average Bonchev–Trinajstić information content (AvgIpc) is 2.77. The van der Waals surface area contributed by atoms with Gasteiger partial charge in [-0.1, -0.05) is 34.1 Å². The highest BCUT2D eigenvalue weighted by Crippen LogP contribution is 2.29. The van der Waals surface area contributed by atoms with Crippen molar-refractivity contribution in [2.75, 3.05) is 0 Å². The molecule has 0 fully saturated rings. The second-order valence-electron chi connectivity index (χ2n) is 4.15. The van der Waals surface area contributed by atoms with E-state index in [-0.39, 0.29) is 0 Å². The lowest BCUT2D eigenvalue weighted by Crippen LogP contribution is -1.95. The van der Waals surface area contributed by atoms with Crippen LogP contribution in [0.5, 0.6) is 0 Å². The van der Waals surface area contributed by atoms with Crippen molar-refractivity contribution in [2.45, 2.75) is 25.1 Å². The summed E-state index contributed by atoms with van der Waals surface area (Å²) in [5.74, 6) is 0. The Bertz CT molecular complexity index is 460. The second kappa shape index (κ2) is 5.15. The fraction of sp³-hybridized carbons (Fsp3) is 0.286. The van der Waals surface area contributed by atoms with Crippen LogP contribution in [-0.2, 0) is 6.42 Å². The molecule has 0 aliphatic rings. The first-order valence-electron chi connectivity index (χ1n) is 5.39. The maximum atomic E-state index is 3.75. The van der Waals surface area contributed by atoms with E-state index in [1.54, 1.807) is 11.3 Å². The first kappa shape index (κ1) is 11.9. The molecular weight excluding hydrogens is 280 g/mol. The summed E-state index contributed by atoms with van der Waals surface area (Å²) in [6, 6.07) is 8.90. The summed E-state index contributed by atoms with van der Waals surface area (Å²) < 4.78 is 0. The van der Waals surface area contributed by atoms with Gasteiger partial charge in [-0.25, -0.2) is 0 Å². The van der Waals surface area contributed by atoms with E-state index in [1.165, 1.54) is 22.3 Å². The van der Waals surface area contributed by atoms with Crippen LogP contribution in [-0.4, -0.2) is 0 Å². The first-order valence-corrected chi connectivity index (χ1v) is 7.25. The van der Waals surface area contributed by atoms with Gasteiger partial charge in [0, 0.05) is 4.83 Å². The van der Waals surface area contributed by atoms with Gasteiger partial charge in [-0.05, 0) is 59.3 Å². The molecule has 84 valence electrons. The number of benzene rings is 1. The van der Waals surface area contributed by atoms with Crippen molar-refractivity contribution >= 4 is 27.3 Å². The van der Waals surface area contributed by atoms with Crippen LogP contribution < -0.4 is 0 Å². The monoisotopic (exact) mass is 294 g/mol. The Hall–Kier alpha value is -0.600. The van der Waals surface area contributed by atoms with E-state index in [9.17, 15) is 0 Å². The number of hydrogen-bond acceptors (Lipinski definition) is 1. The number of rotatable bonds is 3. The van der Waals surface area contributed by atoms with Gasteiger partial charge in [-0.2, -0.15) is 11.3 Å². The smallest absolute Gasteiger partial charge is 0.0443 e. The van der Waals surface area contributed by atoms with Crippen LogP contribution in [0.15, 0.2) is 35.0 Å². The van der Waals surface area contributed by atoms with Crippen LogP contribution in [0, 0.1) is 13.8 Å². The SMILES string of the molecule is Cc1ccc(CC(Br)c2ccsc2)cc1C. The maximum Gasteiger partial charge on any atom is 0.0443 e. The molecule has 0 amide bonds. The molecule has 2 rings (SSSR count). The van der Waals surface area contributed by atoms with Gasteiger partial charge in [-0.3, -0.25) is 0 Å². The molecule has 0 N–H and O–H groups in total. The van der Waals surface area contributed by atoms with Gasteiger partial charge in [0.05, 0.1) is 0 Å². The normalized spacial score (nSPS) is 12.7. The minimum Gasteiger partial charge on any atom is -0.152 e. The molecule has 0 radical (unpaired) electrons. The van der Waals surface area contributed by atoms with Crippen LogP contribution in [0.2, 0.25) is 0 Å². The number of alkyl halides is 1. The maximum absolute atomic E-state index is 3.75. The minimum atomic E-state index is 0.431. The van der Waals surface area contributed by atoms with E-state index in [1.807, 2.05) is 0 Å². The fourth-order valence-electron chi connectivity index (χ4n) is 1.71. The molecule has 0 bridgehead atoms. The van der Waals surface area contributed by atoms with E-state index < -0.39 is 0 Å². The third-order valence-electron chi connectivity index (χ3n) is 2.89. The quantitative estimate of drug-likeness (QED) is 0.696. The molecule has 1 aromatic heterocycles. The van der Waals surface area contributed by atoms with Crippen molar-refractivity contribution in [2.24, 2.45) is 0 Å². The van der Waals surface area contributed by atoms with Gasteiger partial charge in [0.2, 0.25) is 0 Å². The van der Waals surface area contributed by atoms with Gasteiger partial charge in [-0.15, -0.1) is 0 Å². The molecule has 2 heteroatoms. The number of thiophene rings is 1. The molecule has 0 aliphatic heterocycles. The summed E-state index contributed by atoms with van der Waals surface area (Å²) in [6.45, 7) is 4.33. The van der Waals surface area contributed by atoms with E-state index >= 15 is 0 Å². The van der Waals surface area contributed by atoms with E-state index in [2.05, 4.69) is 64.8 Å². The van der Waals surface area contributed by atoms with Gasteiger partial charge in [0.1, 0.15) is 0 Å². The molecule has 2 aromatic rings. The molecule has 0 saturated carbocycles. The largest absolute Gasteiger partial charge is 0.152 e. The van der Waals surface area contributed by atoms with Gasteiger partial charge in [0.15, 0.2) is 0 Å². The van der Waals surface area contributed by atoms with E-state index in [0.29, 0.717) is 4.83 Å². The van der Waals surface area contributed by atoms with Gasteiger partial charge < -0.3 is 0 Å². The first-order chi connectivity index (χ1) is 7.66. The zero-order chi connectivity index (χ0) is 11.5. The Morgan fingerprint density at radius 1 is 1.19 bits per heavy atom. The van der Waals surface area contributed by atoms with E-state index in [4.69, 9.17) is 0 Å². The summed E-state index contributed by atoms with van der Waals surface area (Å²) in [4.78, 5) is 0.431. The Morgan fingerprint density at radius 2 is 2.00 bits per heavy atom. The number of halogens is 1. The Kier molecular flexibility index (Phi) is 3.82. The third-order valence-corrected chi connectivity index (χ3v) is 4.44. The highest BCUT2D eigenvalue weighted by Gasteiger charge is 2.09. The van der Waals surface area contributed by atoms with Gasteiger partial charge >= 0.3 is 0 Å². The summed E-state index contributed by atoms with van der Waals surface area (Å²) in [5.41, 5.74) is 5.52. The average molecular weight is 295 g/mol. The van der Waals surface area contributed by atoms with Crippen molar-refractivity contribution in [1.82, 2.24) is 0 Å². The highest BCUT2D eigenvalue weighted by atomic mass is 79.9. The van der Waals surface area contributed by atoms with Crippen molar-refractivity contribution in [3.05, 3.63) is 57.3 Å². The predicted octanol–water partition coefficient (Wildman–Crippen LogP) is 5.04. The Morgan fingerprint density at radius 3 is 2.62 bits per heavy atom. The minimum absolute atomic E-state index is 0.431. The molecular formula is C14H15BrS. The number of hydrogen-bond donors (Lipinski definition) is 0. The van der Waals surface area contributed by atoms with Crippen LogP contribution >= 0.6 is 27.3 Å². The zero-order valence-electron chi connectivity index (χ0n) is 9.53. The molecule has 1 unspecified atom stereocenters. The lowest BCUT2D eigenvalue weighted by atomic mass is 10.0. The van der Waals surface area contributed by atoms with Crippen molar-refractivity contribution < 1.29 is 0 Å². The zero-order valence-corrected chi connectivity index (χ0v) is 11.9. The topological polar surface area (TPSA) is 0 Å². The highest BCUT2D eigenvalue weighted by molar-refractivity contribution is 9.09. The molecule has 16 heavy (non-hydrogen) atoms. The van der Waals surface area contributed by atoms with Crippen LogP contribution in [0.3, 0.4) is 0 Å². The van der Waals surface area contributed by atoms with Crippen molar-refractivity contribution in [3.63, 3.8) is 0 Å². The van der Waals surface area contributed by atoms with Crippen LogP contribution in [0.4, 0.5) is 0 Å². The predicted molar refractivity (Wildman–Crippen MR) is 75.6 cm³/mol. The van der Waals surface area contributed by atoms with Crippen LogP contribution in [0.25, 0.3) is 0 Å². The number of aryl methyl sites for hydroxylation is 2. The van der Waals surface area contributed by atoms with Gasteiger partial charge in [0.25, 0.3) is 0 Å². The molecule has 1 heterocycles. The fourth-order valence-corrected chi connectivity index (χ4v) is 3.26.